The molecule has 0 radical (unpaired) electrons. The van der Waals surface area contributed by atoms with Crippen LogP contribution >= 0.6 is 0 Å². The molecule has 4 heteroatoms. The van der Waals surface area contributed by atoms with Crippen molar-refractivity contribution in [3.8, 4) is 0 Å². The zero-order chi connectivity index (χ0) is 16.1. The van der Waals surface area contributed by atoms with E-state index in [-0.39, 0.29) is 24.7 Å². The molecular weight excluding hydrogens is 288 g/mol. The summed E-state index contributed by atoms with van der Waals surface area (Å²) in [6, 6.07) is 8.63. The number of carbonyl (C=O) groups excluding carboxylic acids is 1. The number of aryl methyl sites for hydroxylation is 1. The first-order chi connectivity index (χ1) is 11.3. The minimum Gasteiger partial charge on any atom is -0.395 e. The Morgan fingerprint density at radius 2 is 2.13 bits per heavy atom. The van der Waals surface area contributed by atoms with Crippen LogP contribution in [-0.2, 0) is 6.42 Å². The molecular formula is C19H26N2O2. The van der Waals surface area contributed by atoms with Gasteiger partial charge in [0.25, 0.3) is 0 Å². The van der Waals surface area contributed by atoms with Gasteiger partial charge in [-0.25, -0.2) is 4.79 Å². The van der Waals surface area contributed by atoms with E-state index in [4.69, 9.17) is 0 Å². The molecule has 0 saturated carbocycles. The van der Waals surface area contributed by atoms with E-state index in [1.54, 1.807) is 0 Å². The summed E-state index contributed by atoms with van der Waals surface area (Å²) in [5, 5.41) is 12.6. The molecule has 2 aliphatic carbocycles. The predicted molar refractivity (Wildman–Crippen MR) is 91.2 cm³/mol. The lowest BCUT2D eigenvalue weighted by atomic mass is 9.87. The molecule has 2 N–H and O–H groups in total. The number of nitrogens with one attached hydrogen (secondary N) is 1. The van der Waals surface area contributed by atoms with Crippen molar-refractivity contribution in [2.24, 2.45) is 0 Å². The van der Waals surface area contributed by atoms with Crippen LogP contribution in [0.1, 0.15) is 49.3 Å². The molecule has 124 valence electrons. The summed E-state index contributed by atoms with van der Waals surface area (Å²) in [5.41, 5.74) is 2.57. The van der Waals surface area contributed by atoms with Gasteiger partial charge in [0.2, 0.25) is 0 Å². The lowest BCUT2D eigenvalue weighted by Crippen LogP contribution is -2.48. The van der Waals surface area contributed by atoms with Gasteiger partial charge in [0.15, 0.2) is 0 Å². The molecule has 2 atom stereocenters. The summed E-state index contributed by atoms with van der Waals surface area (Å²) >= 11 is 0. The Balaban J connectivity index is 1.76. The molecule has 0 spiro atoms. The molecule has 4 nitrogen and oxygen atoms in total. The smallest absolute Gasteiger partial charge is 0.318 e. The molecule has 0 bridgehead atoms. The molecule has 2 unspecified atom stereocenters. The van der Waals surface area contributed by atoms with E-state index in [9.17, 15) is 9.90 Å². The quantitative estimate of drug-likeness (QED) is 0.839. The molecule has 2 amide bonds. The van der Waals surface area contributed by atoms with E-state index < -0.39 is 0 Å². The number of benzene rings is 1. The second-order valence-corrected chi connectivity index (χ2v) is 6.45. The number of rotatable bonds is 4. The molecule has 0 aromatic heterocycles. The van der Waals surface area contributed by atoms with Crippen molar-refractivity contribution in [2.45, 2.75) is 50.6 Å². The zero-order valence-corrected chi connectivity index (χ0v) is 13.6. The van der Waals surface area contributed by atoms with E-state index in [0.717, 1.165) is 38.5 Å². The van der Waals surface area contributed by atoms with Crippen LogP contribution in [0.3, 0.4) is 0 Å². The second kappa shape index (κ2) is 7.64. The van der Waals surface area contributed by atoms with Gasteiger partial charge in [-0.2, -0.15) is 0 Å². The van der Waals surface area contributed by atoms with Crippen LogP contribution < -0.4 is 5.32 Å². The average Bonchev–Trinajstić information content (AvgIpc) is 2.60. The Hall–Kier alpha value is -1.81. The maximum absolute atomic E-state index is 12.8. The second-order valence-electron chi connectivity index (χ2n) is 6.45. The predicted octanol–water partition coefficient (Wildman–Crippen LogP) is 3.18. The molecule has 1 aromatic rings. The van der Waals surface area contributed by atoms with E-state index in [0.29, 0.717) is 6.54 Å². The first-order valence-electron chi connectivity index (χ1n) is 8.70. The number of carbonyl (C=O) groups is 1. The topological polar surface area (TPSA) is 52.6 Å². The Kier molecular flexibility index (Phi) is 5.34. The van der Waals surface area contributed by atoms with E-state index in [1.807, 2.05) is 11.0 Å². The lowest BCUT2D eigenvalue weighted by Gasteiger charge is -2.36. The van der Waals surface area contributed by atoms with E-state index in [1.165, 1.54) is 11.1 Å². The third-order valence-electron chi connectivity index (χ3n) is 4.91. The normalized spacial score (nSPS) is 23.2. The zero-order valence-electron chi connectivity index (χ0n) is 13.6. The van der Waals surface area contributed by atoms with Crippen LogP contribution in [0.4, 0.5) is 4.79 Å². The number of amides is 2. The number of hydrogen-bond acceptors (Lipinski definition) is 2. The molecule has 0 fully saturated rings. The van der Waals surface area contributed by atoms with Gasteiger partial charge >= 0.3 is 6.03 Å². The minimum atomic E-state index is -0.0407. The van der Waals surface area contributed by atoms with Gasteiger partial charge < -0.3 is 15.3 Å². The van der Waals surface area contributed by atoms with Gasteiger partial charge in [-0.15, -0.1) is 0 Å². The van der Waals surface area contributed by atoms with Gasteiger partial charge in [0, 0.05) is 12.6 Å². The number of fused-ring (bicyclic) bond motifs is 1. The monoisotopic (exact) mass is 314 g/mol. The molecule has 3 rings (SSSR count). The van der Waals surface area contributed by atoms with Crippen LogP contribution in [0.5, 0.6) is 0 Å². The maximum Gasteiger partial charge on any atom is 0.318 e. The van der Waals surface area contributed by atoms with Crippen molar-refractivity contribution < 1.29 is 9.90 Å². The number of nitrogens with zero attached hydrogens (tertiary/aromatic N) is 1. The summed E-state index contributed by atoms with van der Waals surface area (Å²) in [6.45, 7) is 0.379. The van der Waals surface area contributed by atoms with Gasteiger partial charge in [-0.1, -0.05) is 36.4 Å². The van der Waals surface area contributed by atoms with Gasteiger partial charge in [-0.05, 0) is 49.7 Å². The highest BCUT2D eigenvalue weighted by molar-refractivity contribution is 5.75. The fraction of sp³-hybridized carbons (Fsp3) is 0.526. The Morgan fingerprint density at radius 1 is 1.26 bits per heavy atom. The largest absolute Gasteiger partial charge is 0.395 e. The van der Waals surface area contributed by atoms with E-state index in [2.05, 4.69) is 35.7 Å². The Bertz CT molecular complexity index is 570. The number of hydrogen-bond donors (Lipinski definition) is 2. The highest BCUT2D eigenvalue weighted by Crippen LogP contribution is 2.34. The number of aliphatic hydroxyl groups excluding tert-OH is 1. The molecule has 0 aliphatic heterocycles. The fourth-order valence-corrected chi connectivity index (χ4v) is 3.74. The molecule has 0 heterocycles. The van der Waals surface area contributed by atoms with Crippen LogP contribution in [-0.4, -0.2) is 35.2 Å². The highest BCUT2D eigenvalue weighted by atomic mass is 16.3. The third kappa shape index (κ3) is 3.75. The molecule has 0 saturated heterocycles. The van der Waals surface area contributed by atoms with E-state index >= 15 is 0 Å². The van der Waals surface area contributed by atoms with Crippen LogP contribution in [0.25, 0.3) is 0 Å². The lowest BCUT2D eigenvalue weighted by molar-refractivity contribution is 0.141. The van der Waals surface area contributed by atoms with Crippen molar-refractivity contribution >= 4 is 6.03 Å². The summed E-state index contributed by atoms with van der Waals surface area (Å²) in [6.07, 6.45) is 10.4. The summed E-state index contributed by atoms with van der Waals surface area (Å²) < 4.78 is 0. The van der Waals surface area contributed by atoms with Crippen LogP contribution in [0.15, 0.2) is 36.4 Å². The third-order valence-corrected chi connectivity index (χ3v) is 4.91. The standard InChI is InChI=1S/C19H26N2O2/c22-14-13-21(19(23)20-16-9-2-1-3-10-16)18-12-6-8-15-7-4-5-11-17(15)18/h1-2,4-5,7,11,16,18,22H,3,6,8-10,12-14H2,(H,20,23). The average molecular weight is 314 g/mol. The first kappa shape index (κ1) is 16.1. The van der Waals surface area contributed by atoms with Crippen molar-refractivity contribution in [1.82, 2.24) is 10.2 Å². The fourth-order valence-electron chi connectivity index (χ4n) is 3.74. The Labute approximate surface area is 138 Å². The number of aliphatic hydroxyl groups is 1. The number of allylic oxidation sites excluding steroid dienone is 1. The molecule has 23 heavy (non-hydrogen) atoms. The molecule has 2 aliphatic rings. The van der Waals surface area contributed by atoms with Crippen LogP contribution in [0.2, 0.25) is 0 Å². The van der Waals surface area contributed by atoms with Crippen molar-refractivity contribution in [2.75, 3.05) is 13.2 Å². The van der Waals surface area contributed by atoms with Gasteiger partial charge in [0.05, 0.1) is 12.6 Å². The van der Waals surface area contributed by atoms with Crippen molar-refractivity contribution in [3.63, 3.8) is 0 Å². The Morgan fingerprint density at radius 3 is 2.91 bits per heavy atom. The minimum absolute atomic E-state index is 0.00332. The summed E-state index contributed by atoms with van der Waals surface area (Å²) in [4.78, 5) is 14.6. The molecule has 1 aromatic carbocycles. The van der Waals surface area contributed by atoms with Crippen LogP contribution in [0, 0.1) is 0 Å². The van der Waals surface area contributed by atoms with Gasteiger partial charge in [0.1, 0.15) is 0 Å². The SMILES string of the molecule is O=C(NC1CC=CCC1)N(CCO)C1CCCc2ccccc21. The van der Waals surface area contributed by atoms with Crippen molar-refractivity contribution in [1.29, 1.82) is 0 Å². The summed E-state index contributed by atoms with van der Waals surface area (Å²) in [7, 11) is 0. The maximum atomic E-state index is 12.8. The summed E-state index contributed by atoms with van der Waals surface area (Å²) in [5.74, 6) is 0. The first-order valence-corrected chi connectivity index (χ1v) is 8.70. The van der Waals surface area contributed by atoms with Crippen molar-refractivity contribution in [3.05, 3.63) is 47.5 Å². The highest BCUT2D eigenvalue weighted by Gasteiger charge is 2.29. The van der Waals surface area contributed by atoms with Gasteiger partial charge in [-0.3, -0.25) is 0 Å². The number of urea groups is 1.